The lowest BCUT2D eigenvalue weighted by atomic mass is 9.69. The van der Waals surface area contributed by atoms with Crippen LogP contribution in [0.1, 0.15) is 41.6 Å². The second kappa shape index (κ2) is 9.39. The van der Waals surface area contributed by atoms with Gasteiger partial charge in [-0.1, -0.05) is 30.7 Å². The maximum atomic E-state index is 13.9. The number of phenolic OH excluding ortho intramolecular Hbond substituents is 1. The molecule has 2 aromatic carbocycles. The first-order valence-corrected chi connectivity index (χ1v) is 11.5. The Morgan fingerprint density at radius 3 is 2.36 bits per heavy atom. The number of rotatable bonds is 6. The number of aliphatic hydroxyl groups is 1. The Morgan fingerprint density at radius 1 is 1.14 bits per heavy atom. The lowest BCUT2D eigenvalue weighted by molar-refractivity contribution is -0.140. The molecule has 0 aromatic heterocycles. The van der Waals surface area contributed by atoms with Crippen molar-refractivity contribution in [2.24, 2.45) is 5.92 Å². The van der Waals surface area contributed by atoms with E-state index in [0.29, 0.717) is 5.56 Å². The summed E-state index contributed by atoms with van der Waals surface area (Å²) in [7, 11) is 3.97. The van der Waals surface area contributed by atoms with E-state index in [2.05, 4.69) is 0 Å². The largest absolute Gasteiger partial charge is 0.508 e. The molecular formula is C26H25ClO9. The van der Waals surface area contributed by atoms with Crippen LogP contribution in [0.3, 0.4) is 0 Å². The van der Waals surface area contributed by atoms with Crippen molar-refractivity contribution in [2.45, 2.75) is 31.3 Å². The molecule has 1 aliphatic carbocycles. The summed E-state index contributed by atoms with van der Waals surface area (Å²) in [5, 5.41) is 21.4. The molecule has 0 amide bonds. The highest BCUT2D eigenvalue weighted by Gasteiger charge is 2.61. The minimum absolute atomic E-state index is 0.0154. The standard InChI is InChI=1S/C26H25ClO9/c1-12-9-16(29)20(15(10-19(30)35-4)13-5-7-14(28)8-6-13)24(31)26(12)25(32)21-17(33-2)11-18(34-3)22(27)23(21)36-26/h5-8,11-12,15,28,31H,9-10H2,1-4H3/t12-,15?,26+/m1/s1. The number of halogens is 1. The Balaban J connectivity index is 1.95. The van der Waals surface area contributed by atoms with Gasteiger partial charge in [-0.3, -0.25) is 14.4 Å². The van der Waals surface area contributed by atoms with Crippen LogP contribution in [0.15, 0.2) is 41.7 Å². The van der Waals surface area contributed by atoms with E-state index in [0.717, 1.165) is 0 Å². The number of hydrogen-bond acceptors (Lipinski definition) is 9. The Morgan fingerprint density at radius 2 is 1.78 bits per heavy atom. The summed E-state index contributed by atoms with van der Waals surface area (Å²) in [5.74, 6) is -3.78. The molecule has 1 heterocycles. The van der Waals surface area contributed by atoms with Crippen molar-refractivity contribution in [3.63, 3.8) is 0 Å². The van der Waals surface area contributed by atoms with E-state index >= 15 is 0 Å². The van der Waals surface area contributed by atoms with Gasteiger partial charge in [0.1, 0.15) is 27.8 Å². The van der Waals surface area contributed by atoms with Crippen molar-refractivity contribution in [2.75, 3.05) is 21.3 Å². The van der Waals surface area contributed by atoms with Gasteiger partial charge in [0.25, 0.3) is 0 Å². The van der Waals surface area contributed by atoms with E-state index in [9.17, 15) is 24.6 Å². The molecule has 0 bridgehead atoms. The maximum Gasteiger partial charge on any atom is 0.306 e. The number of phenols is 1. The molecule has 0 radical (unpaired) electrons. The number of benzene rings is 2. The summed E-state index contributed by atoms with van der Waals surface area (Å²) in [6.45, 7) is 1.61. The van der Waals surface area contributed by atoms with Gasteiger partial charge in [-0.15, -0.1) is 0 Å². The van der Waals surface area contributed by atoms with E-state index in [1.807, 2.05) is 0 Å². The number of aliphatic hydroxyl groups excluding tert-OH is 1. The van der Waals surface area contributed by atoms with Crippen LogP contribution in [0.25, 0.3) is 0 Å². The van der Waals surface area contributed by atoms with Crippen LogP contribution in [0.5, 0.6) is 23.0 Å². The molecule has 2 N–H and O–H groups in total. The summed E-state index contributed by atoms with van der Waals surface area (Å²) in [4.78, 5) is 39.5. The van der Waals surface area contributed by atoms with Crippen LogP contribution < -0.4 is 14.2 Å². The molecule has 36 heavy (non-hydrogen) atoms. The molecule has 1 spiro atoms. The third-order valence-electron chi connectivity index (χ3n) is 6.75. The van der Waals surface area contributed by atoms with Crippen molar-refractivity contribution >= 4 is 29.1 Å². The molecule has 2 aromatic rings. The first-order chi connectivity index (χ1) is 17.1. The number of methoxy groups -OCH3 is 3. The summed E-state index contributed by atoms with van der Waals surface area (Å²) in [5.41, 5.74) is -1.64. The SMILES string of the molecule is COC(=O)CC(C1=C(O)[C@@]2(Oc3c(Cl)c(OC)cc(OC)c3C2=O)[C@H](C)CC1=O)c1ccc(O)cc1. The summed E-state index contributed by atoms with van der Waals surface area (Å²) in [6.07, 6.45) is -0.443. The normalized spacial score (nSPS) is 21.8. The van der Waals surface area contributed by atoms with E-state index in [1.54, 1.807) is 6.92 Å². The highest BCUT2D eigenvalue weighted by Crippen LogP contribution is 2.55. The molecule has 0 fully saturated rings. The van der Waals surface area contributed by atoms with Gasteiger partial charge in [0.15, 0.2) is 17.3 Å². The van der Waals surface area contributed by atoms with Crippen LogP contribution in [-0.2, 0) is 14.3 Å². The molecule has 1 unspecified atom stereocenters. The van der Waals surface area contributed by atoms with Gasteiger partial charge < -0.3 is 29.2 Å². The number of ketones is 2. The molecule has 1 aliphatic heterocycles. The fraction of sp³-hybridized carbons (Fsp3) is 0.346. The second-order valence-electron chi connectivity index (χ2n) is 8.68. The van der Waals surface area contributed by atoms with Gasteiger partial charge in [0, 0.05) is 29.9 Å². The van der Waals surface area contributed by atoms with Gasteiger partial charge in [0.05, 0.1) is 27.8 Å². The van der Waals surface area contributed by atoms with Crippen molar-refractivity contribution in [1.29, 1.82) is 0 Å². The Bertz CT molecular complexity index is 1280. The van der Waals surface area contributed by atoms with Crippen LogP contribution in [-0.4, -0.2) is 54.7 Å². The minimum atomic E-state index is -1.97. The number of allylic oxidation sites excluding steroid dienone is 1. The average Bonchev–Trinajstić information content (AvgIpc) is 3.18. The first kappa shape index (κ1) is 25.4. The topological polar surface area (TPSA) is 129 Å². The lowest BCUT2D eigenvalue weighted by Crippen LogP contribution is -2.53. The molecule has 0 saturated heterocycles. The summed E-state index contributed by atoms with van der Waals surface area (Å²) < 4.78 is 21.6. The summed E-state index contributed by atoms with van der Waals surface area (Å²) >= 11 is 6.47. The number of aromatic hydroxyl groups is 1. The number of carbonyl (C=O) groups excluding carboxylic acids is 3. The number of esters is 1. The summed E-state index contributed by atoms with van der Waals surface area (Å²) in [6, 6.07) is 7.29. The first-order valence-electron chi connectivity index (χ1n) is 11.1. The number of ether oxygens (including phenoxy) is 4. The van der Waals surface area contributed by atoms with Crippen LogP contribution in [0, 0.1) is 5.92 Å². The van der Waals surface area contributed by atoms with Crippen molar-refractivity contribution in [3.05, 3.63) is 57.8 Å². The van der Waals surface area contributed by atoms with E-state index in [4.69, 9.17) is 30.5 Å². The number of fused-ring (bicyclic) bond motifs is 1. The number of hydrogen-bond donors (Lipinski definition) is 2. The zero-order valence-electron chi connectivity index (χ0n) is 20.1. The van der Waals surface area contributed by atoms with Crippen LogP contribution in [0.4, 0.5) is 0 Å². The van der Waals surface area contributed by atoms with E-state index in [-0.39, 0.29) is 52.0 Å². The fourth-order valence-electron chi connectivity index (χ4n) is 4.88. The van der Waals surface area contributed by atoms with E-state index in [1.165, 1.54) is 51.7 Å². The Labute approximate surface area is 212 Å². The van der Waals surface area contributed by atoms with Crippen LogP contribution in [0.2, 0.25) is 5.02 Å². The Hall–Kier alpha value is -3.72. The van der Waals surface area contributed by atoms with Crippen molar-refractivity contribution in [3.8, 4) is 23.0 Å². The molecule has 0 saturated carbocycles. The fourth-order valence-corrected chi connectivity index (χ4v) is 5.15. The molecule has 2 aliphatic rings. The third-order valence-corrected chi connectivity index (χ3v) is 7.11. The monoisotopic (exact) mass is 516 g/mol. The maximum absolute atomic E-state index is 13.9. The quantitative estimate of drug-likeness (QED) is 0.544. The molecule has 9 nitrogen and oxygen atoms in total. The molecular weight excluding hydrogens is 492 g/mol. The average molecular weight is 517 g/mol. The van der Waals surface area contributed by atoms with Gasteiger partial charge in [-0.05, 0) is 17.7 Å². The molecule has 4 rings (SSSR count). The highest BCUT2D eigenvalue weighted by molar-refractivity contribution is 6.35. The van der Waals surface area contributed by atoms with Crippen LogP contribution >= 0.6 is 11.6 Å². The highest BCUT2D eigenvalue weighted by atomic mass is 35.5. The zero-order chi connectivity index (χ0) is 26.4. The molecule has 3 atom stereocenters. The third kappa shape index (κ3) is 3.74. The number of Topliss-reactive ketones (excluding diaryl/α,β-unsaturated/α-hetero) is 2. The lowest BCUT2D eigenvalue weighted by Gasteiger charge is -2.38. The predicted molar refractivity (Wildman–Crippen MR) is 128 cm³/mol. The smallest absolute Gasteiger partial charge is 0.306 e. The zero-order valence-corrected chi connectivity index (χ0v) is 20.8. The molecule has 10 heteroatoms. The minimum Gasteiger partial charge on any atom is -0.508 e. The van der Waals surface area contributed by atoms with Gasteiger partial charge in [-0.25, -0.2) is 0 Å². The number of carbonyl (C=O) groups is 3. The molecule has 190 valence electrons. The van der Waals surface area contributed by atoms with Crippen molar-refractivity contribution in [1.82, 2.24) is 0 Å². The predicted octanol–water partition coefficient (Wildman–Crippen LogP) is 4.14. The van der Waals surface area contributed by atoms with Crippen molar-refractivity contribution < 1.29 is 43.5 Å². The van der Waals surface area contributed by atoms with Gasteiger partial charge in [-0.2, -0.15) is 0 Å². The second-order valence-corrected chi connectivity index (χ2v) is 9.06. The Kier molecular flexibility index (Phi) is 6.62. The van der Waals surface area contributed by atoms with Gasteiger partial charge in [0.2, 0.25) is 11.4 Å². The van der Waals surface area contributed by atoms with Gasteiger partial charge >= 0.3 is 5.97 Å². The van der Waals surface area contributed by atoms with E-state index < -0.39 is 40.7 Å².